The lowest BCUT2D eigenvalue weighted by Crippen LogP contribution is -2.31. The Balaban J connectivity index is 1.38. The van der Waals surface area contributed by atoms with Gasteiger partial charge in [-0.3, -0.25) is 9.59 Å². The number of nitrogens with zero attached hydrogens (tertiary/aromatic N) is 2. The molecule has 2 aromatic heterocycles. The van der Waals surface area contributed by atoms with Gasteiger partial charge in [-0.05, 0) is 31.2 Å². The van der Waals surface area contributed by atoms with Gasteiger partial charge in [0.1, 0.15) is 5.76 Å². The van der Waals surface area contributed by atoms with Crippen molar-refractivity contribution in [3.8, 4) is 11.3 Å². The number of anilines is 1. The quantitative estimate of drug-likeness (QED) is 0.344. The summed E-state index contributed by atoms with van der Waals surface area (Å²) < 4.78 is 6.09. The number of aryl methyl sites for hydroxylation is 1. The van der Waals surface area contributed by atoms with E-state index in [1.54, 1.807) is 43.6 Å². The molecule has 0 aliphatic carbocycles. The smallest absolute Gasteiger partial charge is 0.253 e. The van der Waals surface area contributed by atoms with Gasteiger partial charge in [0.2, 0.25) is 5.91 Å². The summed E-state index contributed by atoms with van der Waals surface area (Å²) in [5.74, 6) is 0.505. The number of carbonyl (C=O) groups excluding carboxylic acids is 2. The lowest BCUT2D eigenvalue weighted by Gasteiger charge is -2.20. The van der Waals surface area contributed by atoms with Crippen LogP contribution in [0.4, 0.5) is 5.69 Å². The Hall–Kier alpha value is -3.36. The number of aromatic nitrogens is 1. The molecule has 0 radical (unpaired) electrons. The number of carbonyl (C=O) groups is 2. The van der Waals surface area contributed by atoms with Crippen molar-refractivity contribution < 1.29 is 14.0 Å². The topological polar surface area (TPSA) is 75.4 Å². The zero-order valence-electron chi connectivity index (χ0n) is 18.3. The summed E-state index contributed by atoms with van der Waals surface area (Å²) in [5.41, 5.74) is 4.15. The first-order valence-electron chi connectivity index (χ1n) is 10.3. The van der Waals surface area contributed by atoms with Gasteiger partial charge in [0.05, 0.1) is 35.5 Å². The second-order valence-electron chi connectivity index (χ2n) is 7.39. The van der Waals surface area contributed by atoms with E-state index in [0.717, 1.165) is 15.6 Å². The summed E-state index contributed by atoms with van der Waals surface area (Å²) in [6, 6.07) is 18.8. The van der Waals surface area contributed by atoms with Crippen LogP contribution in [0.3, 0.4) is 0 Å². The van der Waals surface area contributed by atoms with E-state index in [9.17, 15) is 9.59 Å². The molecule has 0 unspecified atom stereocenters. The van der Waals surface area contributed by atoms with Crippen LogP contribution in [0.25, 0.3) is 11.3 Å². The molecule has 0 saturated carbocycles. The van der Waals surface area contributed by atoms with Crippen LogP contribution in [-0.4, -0.2) is 29.6 Å². The van der Waals surface area contributed by atoms with Crippen LogP contribution in [-0.2, 0) is 11.3 Å². The summed E-state index contributed by atoms with van der Waals surface area (Å²) in [5, 5.41) is 4.83. The largest absolute Gasteiger partial charge is 0.467 e. The minimum Gasteiger partial charge on any atom is -0.467 e. The summed E-state index contributed by atoms with van der Waals surface area (Å²) in [4.78, 5) is 31.8. The zero-order valence-corrected chi connectivity index (χ0v) is 19.9. The highest BCUT2D eigenvalue weighted by atomic mass is 32.2. The number of para-hydroxylation sites is 1. The van der Waals surface area contributed by atoms with Crippen LogP contribution in [0.2, 0.25) is 0 Å². The average molecular weight is 478 g/mol. The third-order valence-corrected chi connectivity index (χ3v) is 7.04. The molecule has 0 spiro atoms. The Kier molecular flexibility index (Phi) is 7.26. The van der Waals surface area contributed by atoms with Gasteiger partial charge in [0, 0.05) is 18.0 Å². The summed E-state index contributed by atoms with van der Waals surface area (Å²) >= 11 is 2.92. The van der Waals surface area contributed by atoms with Crippen molar-refractivity contribution in [2.75, 3.05) is 17.7 Å². The van der Waals surface area contributed by atoms with Crippen LogP contribution in [0.1, 0.15) is 21.7 Å². The van der Waals surface area contributed by atoms with Crippen LogP contribution in [0.5, 0.6) is 0 Å². The van der Waals surface area contributed by atoms with Crippen LogP contribution in [0.15, 0.2) is 81.1 Å². The molecule has 2 aromatic carbocycles. The standard InChI is InChI=1S/C25H23N3O3S2/c1-17-9-11-18(12-10-17)21-15-32-25(27-21)33-16-23(29)28(2)22-8-4-3-7-20(22)24(30)26-14-19-6-5-13-31-19/h3-13,15H,14,16H2,1-2H3,(H,26,30). The molecule has 8 heteroatoms. The molecule has 4 aromatic rings. The number of amides is 2. The molecule has 2 heterocycles. The number of rotatable bonds is 8. The fraction of sp³-hybridized carbons (Fsp3) is 0.160. The van der Waals surface area contributed by atoms with Crippen molar-refractivity contribution in [3.63, 3.8) is 0 Å². The SMILES string of the molecule is Cc1ccc(-c2csc(SCC(=O)N(C)c3ccccc3C(=O)NCc3ccco3)n2)cc1. The van der Waals surface area contributed by atoms with E-state index in [2.05, 4.69) is 29.4 Å². The van der Waals surface area contributed by atoms with Crippen LogP contribution >= 0.6 is 23.1 Å². The zero-order chi connectivity index (χ0) is 23.2. The first kappa shape index (κ1) is 22.8. The Labute approximate surface area is 200 Å². The van der Waals surface area contributed by atoms with Gasteiger partial charge in [0.15, 0.2) is 4.34 Å². The molecular formula is C25H23N3O3S2. The minimum atomic E-state index is -0.267. The number of thioether (sulfide) groups is 1. The fourth-order valence-corrected chi connectivity index (χ4v) is 4.92. The summed E-state index contributed by atoms with van der Waals surface area (Å²) in [6.07, 6.45) is 1.56. The molecule has 1 N–H and O–H groups in total. The number of furan rings is 1. The van der Waals surface area contributed by atoms with Crippen molar-refractivity contribution in [2.24, 2.45) is 0 Å². The van der Waals surface area contributed by atoms with Crippen molar-refractivity contribution in [1.29, 1.82) is 0 Å². The normalized spacial score (nSPS) is 10.7. The van der Waals surface area contributed by atoms with E-state index in [4.69, 9.17) is 4.42 Å². The highest BCUT2D eigenvalue weighted by molar-refractivity contribution is 8.01. The van der Waals surface area contributed by atoms with Crippen LogP contribution < -0.4 is 10.2 Å². The minimum absolute atomic E-state index is 0.113. The highest BCUT2D eigenvalue weighted by Gasteiger charge is 2.19. The fourth-order valence-electron chi connectivity index (χ4n) is 3.17. The van der Waals surface area contributed by atoms with E-state index in [1.165, 1.54) is 33.6 Å². The first-order chi connectivity index (χ1) is 16.0. The molecule has 0 atom stereocenters. The van der Waals surface area contributed by atoms with Gasteiger partial charge in [-0.1, -0.05) is 53.7 Å². The highest BCUT2D eigenvalue weighted by Crippen LogP contribution is 2.29. The molecule has 0 fully saturated rings. The molecule has 0 bridgehead atoms. The van der Waals surface area contributed by atoms with Crippen molar-refractivity contribution in [2.45, 2.75) is 17.8 Å². The van der Waals surface area contributed by atoms with E-state index < -0.39 is 0 Å². The Morgan fingerprint density at radius 3 is 2.64 bits per heavy atom. The second kappa shape index (κ2) is 10.5. The number of benzene rings is 2. The monoisotopic (exact) mass is 477 g/mol. The van der Waals surface area contributed by atoms with Gasteiger partial charge in [-0.15, -0.1) is 11.3 Å². The van der Waals surface area contributed by atoms with E-state index in [-0.39, 0.29) is 24.1 Å². The summed E-state index contributed by atoms with van der Waals surface area (Å²) in [7, 11) is 1.68. The molecule has 33 heavy (non-hydrogen) atoms. The Morgan fingerprint density at radius 1 is 1.09 bits per heavy atom. The maximum absolute atomic E-state index is 12.9. The molecular weight excluding hydrogens is 454 g/mol. The van der Waals surface area contributed by atoms with E-state index >= 15 is 0 Å². The molecule has 6 nitrogen and oxygen atoms in total. The van der Waals surface area contributed by atoms with Crippen molar-refractivity contribution in [1.82, 2.24) is 10.3 Å². The van der Waals surface area contributed by atoms with Crippen molar-refractivity contribution in [3.05, 3.63) is 89.2 Å². The third-order valence-electron chi connectivity index (χ3n) is 5.04. The van der Waals surface area contributed by atoms with E-state index in [0.29, 0.717) is 17.0 Å². The predicted molar refractivity (Wildman–Crippen MR) is 133 cm³/mol. The number of hydrogen-bond acceptors (Lipinski definition) is 6. The molecule has 0 aliphatic rings. The number of nitrogens with one attached hydrogen (secondary N) is 1. The van der Waals surface area contributed by atoms with Crippen LogP contribution in [0, 0.1) is 6.92 Å². The van der Waals surface area contributed by atoms with Gasteiger partial charge in [-0.25, -0.2) is 4.98 Å². The maximum atomic E-state index is 12.9. The van der Waals surface area contributed by atoms with Gasteiger partial charge >= 0.3 is 0 Å². The third kappa shape index (κ3) is 5.71. The molecule has 168 valence electrons. The van der Waals surface area contributed by atoms with Gasteiger partial charge in [0.25, 0.3) is 5.91 Å². The second-order valence-corrected chi connectivity index (χ2v) is 9.47. The molecule has 0 saturated heterocycles. The number of thiazole rings is 1. The first-order valence-corrected chi connectivity index (χ1v) is 12.2. The van der Waals surface area contributed by atoms with Gasteiger partial charge < -0.3 is 14.6 Å². The summed E-state index contributed by atoms with van der Waals surface area (Å²) in [6.45, 7) is 2.33. The lowest BCUT2D eigenvalue weighted by molar-refractivity contribution is -0.115. The molecule has 2 amide bonds. The van der Waals surface area contributed by atoms with E-state index in [1.807, 2.05) is 23.6 Å². The Bertz CT molecular complexity index is 1230. The van der Waals surface area contributed by atoms with Gasteiger partial charge in [-0.2, -0.15) is 0 Å². The molecule has 0 aliphatic heterocycles. The number of hydrogen-bond donors (Lipinski definition) is 1. The lowest BCUT2D eigenvalue weighted by atomic mass is 10.1. The maximum Gasteiger partial charge on any atom is 0.253 e. The average Bonchev–Trinajstić information content (AvgIpc) is 3.53. The Morgan fingerprint density at radius 2 is 1.88 bits per heavy atom. The van der Waals surface area contributed by atoms with Crippen molar-refractivity contribution >= 4 is 40.6 Å². The molecule has 4 rings (SSSR count). The predicted octanol–water partition coefficient (Wildman–Crippen LogP) is 5.40.